The van der Waals surface area contributed by atoms with Crippen LogP contribution in [0.25, 0.3) is 0 Å². The molecule has 0 spiro atoms. The molecule has 7 heteroatoms. The molecule has 2 heterocycles. The Morgan fingerprint density at radius 1 is 0.800 bits per heavy atom. The van der Waals surface area contributed by atoms with Crippen molar-refractivity contribution in [1.82, 2.24) is 9.97 Å². The third kappa shape index (κ3) is 3.25. The van der Waals surface area contributed by atoms with Gasteiger partial charge in [-0.25, -0.2) is 9.97 Å². The second kappa shape index (κ2) is 6.56. The Labute approximate surface area is 144 Å². The molecule has 0 saturated heterocycles. The SMILES string of the molecule is Nc1c(Nc2ccccc2)ncnc1Nc1ccc2c(c1)OCCO2. The predicted octanol–water partition coefficient (Wildman–Crippen LogP) is 3.32. The zero-order valence-corrected chi connectivity index (χ0v) is 13.4. The molecule has 4 N–H and O–H groups in total. The maximum Gasteiger partial charge on any atom is 0.163 e. The second-order valence-electron chi connectivity index (χ2n) is 5.46. The van der Waals surface area contributed by atoms with Crippen molar-refractivity contribution in [3.05, 3.63) is 54.9 Å². The Hall–Kier alpha value is -3.48. The number of ether oxygens (including phenoxy) is 2. The van der Waals surface area contributed by atoms with Crippen molar-refractivity contribution in [2.24, 2.45) is 0 Å². The molecule has 4 rings (SSSR count). The number of para-hydroxylation sites is 1. The Morgan fingerprint density at radius 2 is 1.48 bits per heavy atom. The maximum absolute atomic E-state index is 6.21. The number of nitrogens with one attached hydrogen (secondary N) is 2. The van der Waals surface area contributed by atoms with E-state index in [2.05, 4.69) is 20.6 Å². The molecule has 1 aromatic heterocycles. The number of hydrogen-bond acceptors (Lipinski definition) is 7. The maximum atomic E-state index is 6.21. The fourth-order valence-corrected chi connectivity index (χ4v) is 2.51. The summed E-state index contributed by atoms with van der Waals surface area (Å²) in [5.41, 5.74) is 8.35. The molecule has 0 saturated carbocycles. The summed E-state index contributed by atoms with van der Waals surface area (Å²) in [4.78, 5) is 8.44. The van der Waals surface area contributed by atoms with E-state index in [4.69, 9.17) is 15.2 Å². The van der Waals surface area contributed by atoms with E-state index >= 15 is 0 Å². The molecule has 1 aliphatic heterocycles. The highest BCUT2D eigenvalue weighted by Gasteiger charge is 2.13. The Morgan fingerprint density at radius 3 is 2.24 bits per heavy atom. The predicted molar refractivity (Wildman–Crippen MR) is 96.9 cm³/mol. The van der Waals surface area contributed by atoms with Gasteiger partial charge in [0, 0.05) is 17.4 Å². The molecule has 0 radical (unpaired) electrons. The summed E-state index contributed by atoms with van der Waals surface area (Å²) in [7, 11) is 0. The van der Waals surface area contributed by atoms with Crippen LogP contribution in [0.4, 0.5) is 28.7 Å². The smallest absolute Gasteiger partial charge is 0.163 e. The van der Waals surface area contributed by atoms with Gasteiger partial charge in [0.15, 0.2) is 23.1 Å². The van der Waals surface area contributed by atoms with Gasteiger partial charge in [-0.05, 0) is 24.3 Å². The number of hydrogen-bond donors (Lipinski definition) is 3. The third-order valence-electron chi connectivity index (χ3n) is 3.73. The molecule has 25 heavy (non-hydrogen) atoms. The van der Waals surface area contributed by atoms with Crippen molar-refractivity contribution < 1.29 is 9.47 Å². The lowest BCUT2D eigenvalue weighted by Crippen LogP contribution is -2.15. The van der Waals surface area contributed by atoms with Crippen molar-refractivity contribution in [2.75, 3.05) is 29.6 Å². The number of rotatable bonds is 4. The standard InChI is InChI=1S/C18H17N5O2/c19-16-17(22-12-4-2-1-3-5-12)20-11-21-18(16)23-13-6-7-14-15(10-13)25-9-8-24-14/h1-7,10-11H,8-9,19H2,(H2,20,21,22,23). The zero-order valence-electron chi connectivity index (χ0n) is 13.4. The van der Waals surface area contributed by atoms with Crippen molar-refractivity contribution in [2.45, 2.75) is 0 Å². The first-order valence-corrected chi connectivity index (χ1v) is 7.89. The minimum atomic E-state index is 0.432. The number of nitrogen functional groups attached to an aromatic ring is 1. The molecule has 2 aromatic carbocycles. The highest BCUT2D eigenvalue weighted by atomic mass is 16.6. The molecule has 0 bridgehead atoms. The van der Waals surface area contributed by atoms with Gasteiger partial charge in [-0.3, -0.25) is 0 Å². The highest BCUT2D eigenvalue weighted by Crippen LogP contribution is 2.35. The largest absolute Gasteiger partial charge is 0.486 e. The van der Waals surface area contributed by atoms with Crippen LogP contribution in [0.3, 0.4) is 0 Å². The second-order valence-corrected chi connectivity index (χ2v) is 5.46. The summed E-state index contributed by atoms with van der Waals surface area (Å²) in [5.74, 6) is 2.50. The van der Waals surface area contributed by atoms with Gasteiger partial charge in [-0.2, -0.15) is 0 Å². The average Bonchev–Trinajstić information content (AvgIpc) is 2.66. The Balaban J connectivity index is 1.58. The fourth-order valence-electron chi connectivity index (χ4n) is 2.51. The molecule has 0 fully saturated rings. The number of benzene rings is 2. The summed E-state index contributed by atoms with van der Waals surface area (Å²) in [6, 6.07) is 15.3. The van der Waals surface area contributed by atoms with Crippen molar-refractivity contribution in [3.8, 4) is 11.5 Å². The number of nitrogens with zero attached hydrogens (tertiary/aromatic N) is 2. The lowest BCUT2D eigenvalue weighted by atomic mass is 10.2. The number of nitrogens with two attached hydrogens (primary N) is 1. The van der Waals surface area contributed by atoms with E-state index < -0.39 is 0 Å². The van der Waals surface area contributed by atoms with Crippen LogP contribution < -0.4 is 25.8 Å². The molecule has 0 unspecified atom stereocenters. The van der Waals surface area contributed by atoms with Crippen molar-refractivity contribution in [3.63, 3.8) is 0 Å². The lowest BCUT2D eigenvalue weighted by Gasteiger charge is -2.19. The van der Waals surface area contributed by atoms with Gasteiger partial charge in [0.05, 0.1) is 0 Å². The van der Waals surface area contributed by atoms with E-state index in [0.29, 0.717) is 36.3 Å². The van der Waals surface area contributed by atoms with Crippen LogP contribution in [0.1, 0.15) is 0 Å². The number of fused-ring (bicyclic) bond motifs is 1. The van der Waals surface area contributed by atoms with Crippen LogP contribution in [-0.2, 0) is 0 Å². The third-order valence-corrected chi connectivity index (χ3v) is 3.73. The molecule has 0 atom stereocenters. The van der Waals surface area contributed by atoms with Gasteiger partial charge < -0.3 is 25.8 Å². The van der Waals surface area contributed by atoms with Gasteiger partial charge in [0.25, 0.3) is 0 Å². The van der Waals surface area contributed by atoms with Crippen LogP contribution in [0.15, 0.2) is 54.9 Å². The molecule has 0 aliphatic carbocycles. The quantitative estimate of drug-likeness (QED) is 0.673. The van der Waals surface area contributed by atoms with Crippen LogP contribution >= 0.6 is 0 Å². The van der Waals surface area contributed by atoms with Gasteiger partial charge in [0.2, 0.25) is 0 Å². The van der Waals surface area contributed by atoms with Gasteiger partial charge >= 0.3 is 0 Å². The van der Waals surface area contributed by atoms with Gasteiger partial charge in [0.1, 0.15) is 25.2 Å². The van der Waals surface area contributed by atoms with E-state index in [9.17, 15) is 0 Å². The Kier molecular flexibility index (Phi) is 3.96. The van der Waals surface area contributed by atoms with E-state index in [-0.39, 0.29) is 0 Å². The van der Waals surface area contributed by atoms with E-state index in [1.165, 1.54) is 6.33 Å². The van der Waals surface area contributed by atoms with E-state index in [1.54, 1.807) is 0 Å². The zero-order chi connectivity index (χ0) is 17.1. The highest BCUT2D eigenvalue weighted by molar-refractivity contribution is 5.80. The molecule has 1 aliphatic rings. The molecule has 3 aromatic rings. The first-order valence-electron chi connectivity index (χ1n) is 7.89. The minimum absolute atomic E-state index is 0.432. The van der Waals surface area contributed by atoms with Crippen LogP contribution in [0.2, 0.25) is 0 Å². The minimum Gasteiger partial charge on any atom is -0.486 e. The molecule has 0 amide bonds. The van der Waals surface area contributed by atoms with Crippen LogP contribution in [0, 0.1) is 0 Å². The monoisotopic (exact) mass is 335 g/mol. The fraction of sp³-hybridized carbons (Fsp3) is 0.111. The summed E-state index contributed by atoms with van der Waals surface area (Å²) in [6.07, 6.45) is 1.46. The summed E-state index contributed by atoms with van der Waals surface area (Å²) in [6.45, 7) is 1.10. The van der Waals surface area contributed by atoms with Crippen LogP contribution in [-0.4, -0.2) is 23.2 Å². The summed E-state index contributed by atoms with van der Waals surface area (Å²) in [5, 5.41) is 6.38. The topological polar surface area (TPSA) is 94.3 Å². The molecule has 126 valence electrons. The van der Waals surface area contributed by atoms with E-state index in [1.807, 2.05) is 48.5 Å². The summed E-state index contributed by atoms with van der Waals surface area (Å²) >= 11 is 0. The number of anilines is 5. The Bertz CT molecular complexity index is 886. The van der Waals surface area contributed by atoms with Gasteiger partial charge in [-0.15, -0.1) is 0 Å². The molecular formula is C18H17N5O2. The normalized spacial score (nSPS) is 12.5. The van der Waals surface area contributed by atoms with Crippen molar-refractivity contribution in [1.29, 1.82) is 0 Å². The van der Waals surface area contributed by atoms with Crippen LogP contribution in [0.5, 0.6) is 11.5 Å². The molecular weight excluding hydrogens is 318 g/mol. The average molecular weight is 335 g/mol. The van der Waals surface area contributed by atoms with E-state index in [0.717, 1.165) is 17.1 Å². The first-order chi connectivity index (χ1) is 12.3. The molecule has 7 nitrogen and oxygen atoms in total. The van der Waals surface area contributed by atoms with Gasteiger partial charge in [-0.1, -0.05) is 18.2 Å². The van der Waals surface area contributed by atoms with Crippen molar-refractivity contribution >= 4 is 28.7 Å². The summed E-state index contributed by atoms with van der Waals surface area (Å²) < 4.78 is 11.1. The lowest BCUT2D eigenvalue weighted by molar-refractivity contribution is 0.171. The number of aromatic nitrogens is 2. The first kappa shape index (κ1) is 15.1.